The summed E-state index contributed by atoms with van der Waals surface area (Å²) in [5.74, 6) is 0.644. The van der Waals surface area contributed by atoms with Crippen LogP contribution < -0.4 is 10.1 Å². The molecule has 1 N–H and O–H groups in total. The van der Waals surface area contributed by atoms with Gasteiger partial charge < -0.3 is 15.0 Å². The summed E-state index contributed by atoms with van der Waals surface area (Å²) in [5.41, 5.74) is 0. The number of carbonyl (C=O) groups is 1. The molecule has 4 nitrogen and oxygen atoms in total. The van der Waals surface area contributed by atoms with E-state index in [4.69, 9.17) is 16.3 Å². The van der Waals surface area contributed by atoms with Crippen LogP contribution in [0, 0.1) is 0 Å². The summed E-state index contributed by atoms with van der Waals surface area (Å²) >= 11 is 5.90. The van der Waals surface area contributed by atoms with Crippen LogP contribution in [0.5, 0.6) is 5.75 Å². The number of hydrogen-bond acceptors (Lipinski definition) is 3. The fourth-order valence-electron chi connectivity index (χ4n) is 2.12. The number of halogens is 1. The lowest BCUT2D eigenvalue weighted by Gasteiger charge is -2.38. The Kier molecular flexibility index (Phi) is 4.66. The highest BCUT2D eigenvalue weighted by Gasteiger charge is 2.30. The fourth-order valence-corrected chi connectivity index (χ4v) is 2.30. The zero-order valence-corrected chi connectivity index (χ0v) is 12.0. The predicted octanol–water partition coefficient (Wildman–Crippen LogP) is 1.93. The molecule has 0 bridgehead atoms. The van der Waals surface area contributed by atoms with Gasteiger partial charge in [-0.15, -0.1) is 0 Å². The zero-order valence-electron chi connectivity index (χ0n) is 11.2. The highest BCUT2D eigenvalue weighted by molar-refractivity contribution is 6.30. The number of ether oxygens (including phenoxy) is 1. The van der Waals surface area contributed by atoms with Crippen LogP contribution in [0.3, 0.4) is 0 Å². The molecule has 2 rings (SSSR count). The van der Waals surface area contributed by atoms with Gasteiger partial charge in [-0.25, -0.2) is 0 Å². The molecule has 0 spiro atoms. The van der Waals surface area contributed by atoms with Crippen LogP contribution in [-0.2, 0) is 4.79 Å². The third-order valence-electron chi connectivity index (χ3n) is 3.28. The van der Waals surface area contributed by atoms with Crippen molar-refractivity contribution in [3.05, 3.63) is 29.3 Å². The molecule has 104 valence electrons. The molecule has 1 amide bonds. The van der Waals surface area contributed by atoms with Gasteiger partial charge >= 0.3 is 0 Å². The van der Waals surface area contributed by atoms with Crippen molar-refractivity contribution in [1.29, 1.82) is 0 Å². The Bertz CT molecular complexity index is 449. The average molecular weight is 283 g/mol. The molecule has 1 atom stereocenters. The Hall–Kier alpha value is -1.26. The van der Waals surface area contributed by atoms with Crippen LogP contribution in [0.1, 0.15) is 13.8 Å². The van der Waals surface area contributed by atoms with E-state index >= 15 is 0 Å². The van der Waals surface area contributed by atoms with Crippen molar-refractivity contribution in [3.8, 4) is 5.75 Å². The molecule has 0 saturated carbocycles. The van der Waals surface area contributed by atoms with Gasteiger partial charge in [-0.05, 0) is 32.0 Å². The lowest BCUT2D eigenvalue weighted by atomic mass is 10.1. The first kappa shape index (κ1) is 14.2. The van der Waals surface area contributed by atoms with Crippen LogP contribution in [0.25, 0.3) is 0 Å². The van der Waals surface area contributed by atoms with Gasteiger partial charge in [0.2, 0.25) is 0 Å². The Labute approximate surface area is 118 Å². The summed E-state index contributed by atoms with van der Waals surface area (Å²) in [7, 11) is 0. The third-order valence-corrected chi connectivity index (χ3v) is 3.52. The first-order valence-corrected chi connectivity index (χ1v) is 6.93. The van der Waals surface area contributed by atoms with E-state index in [1.807, 2.05) is 17.9 Å². The number of hydrogen-bond donors (Lipinski definition) is 1. The SMILES string of the molecule is CCN(C(=O)C(C)Oc1cccc(Cl)c1)C1CNC1. The average Bonchev–Trinajstić information content (AvgIpc) is 2.32. The summed E-state index contributed by atoms with van der Waals surface area (Å²) in [6, 6.07) is 7.40. The molecule has 0 aromatic heterocycles. The number of rotatable bonds is 5. The van der Waals surface area contributed by atoms with Gasteiger partial charge in [0.25, 0.3) is 5.91 Å². The van der Waals surface area contributed by atoms with Crippen LogP contribution >= 0.6 is 11.6 Å². The quantitative estimate of drug-likeness (QED) is 0.897. The minimum Gasteiger partial charge on any atom is -0.481 e. The summed E-state index contributed by atoms with van der Waals surface area (Å²) in [4.78, 5) is 14.2. The van der Waals surface area contributed by atoms with Gasteiger partial charge in [0.15, 0.2) is 6.10 Å². The summed E-state index contributed by atoms with van der Waals surface area (Å²) in [6.07, 6.45) is -0.501. The second-order valence-corrected chi connectivity index (χ2v) is 5.09. The number of amides is 1. The van der Waals surface area contributed by atoms with Crippen LogP contribution in [-0.4, -0.2) is 42.6 Å². The van der Waals surface area contributed by atoms with Gasteiger partial charge in [-0.1, -0.05) is 17.7 Å². The lowest BCUT2D eigenvalue weighted by Crippen LogP contribution is -2.60. The molecule has 1 saturated heterocycles. The Morgan fingerprint density at radius 1 is 1.58 bits per heavy atom. The fraction of sp³-hybridized carbons (Fsp3) is 0.500. The van der Waals surface area contributed by atoms with Crippen molar-refractivity contribution in [2.75, 3.05) is 19.6 Å². The van der Waals surface area contributed by atoms with Crippen LogP contribution in [0.4, 0.5) is 0 Å². The molecular weight excluding hydrogens is 264 g/mol. The molecular formula is C14H19ClN2O2. The molecule has 0 aliphatic carbocycles. The molecule has 1 unspecified atom stereocenters. The predicted molar refractivity (Wildman–Crippen MR) is 75.6 cm³/mol. The normalized spacial score (nSPS) is 16.6. The van der Waals surface area contributed by atoms with E-state index in [2.05, 4.69) is 5.32 Å². The maximum atomic E-state index is 12.3. The van der Waals surface area contributed by atoms with E-state index in [-0.39, 0.29) is 5.91 Å². The summed E-state index contributed by atoms with van der Waals surface area (Å²) < 4.78 is 5.66. The molecule has 1 aromatic carbocycles. The largest absolute Gasteiger partial charge is 0.481 e. The Balaban J connectivity index is 1.98. The zero-order chi connectivity index (χ0) is 13.8. The number of benzene rings is 1. The second kappa shape index (κ2) is 6.26. The number of carbonyl (C=O) groups excluding carboxylic acids is 1. The minimum absolute atomic E-state index is 0.0222. The molecule has 5 heteroatoms. The number of likely N-dealkylation sites (N-methyl/N-ethyl adjacent to an activating group) is 1. The molecule has 1 heterocycles. The molecule has 1 aliphatic heterocycles. The van der Waals surface area contributed by atoms with Gasteiger partial charge in [-0.2, -0.15) is 0 Å². The summed E-state index contributed by atoms with van der Waals surface area (Å²) in [5, 5.41) is 3.78. The Morgan fingerprint density at radius 3 is 2.84 bits per heavy atom. The first-order valence-electron chi connectivity index (χ1n) is 6.55. The monoisotopic (exact) mass is 282 g/mol. The van der Waals surface area contributed by atoms with E-state index in [0.29, 0.717) is 23.4 Å². The third kappa shape index (κ3) is 3.39. The summed E-state index contributed by atoms with van der Waals surface area (Å²) in [6.45, 7) is 6.20. The van der Waals surface area contributed by atoms with E-state index < -0.39 is 6.10 Å². The van der Waals surface area contributed by atoms with Crippen molar-refractivity contribution in [2.45, 2.75) is 26.0 Å². The molecule has 1 aliphatic rings. The molecule has 0 radical (unpaired) electrons. The number of nitrogens with zero attached hydrogens (tertiary/aromatic N) is 1. The number of nitrogens with one attached hydrogen (secondary N) is 1. The standard InChI is InChI=1S/C14H19ClN2O2/c1-3-17(12-8-16-9-12)14(18)10(2)19-13-6-4-5-11(15)7-13/h4-7,10,12,16H,3,8-9H2,1-2H3. The molecule has 1 aromatic rings. The van der Waals surface area contributed by atoms with Gasteiger partial charge in [-0.3, -0.25) is 4.79 Å². The maximum absolute atomic E-state index is 12.3. The van der Waals surface area contributed by atoms with Crippen molar-refractivity contribution < 1.29 is 9.53 Å². The molecule has 19 heavy (non-hydrogen) atoms. The molecule has 1 fully saturated rings. The van der Waals surface area contributed by atoms with Crippen molar-refractivity contribution in [2.24, 2.45) is 0 Å². The minimum atomic E-state index is -0.501. The first-order chi connectivity index (χ1) is 9.11. The van der Waals surface area contributed by atoms with E-state index in [1.165, 1.54) is 0 Å². The van der Waals surface area contributed by atoms with Crippen LogP contribution in [0.15, 0.2) is 24.3 Å². The Morgan fingerprint density at radius 2 is 2.32 bits per heavy atom. The van der Waals surface area contributed by atoms with Crippen molar-refractivity contribution >= 4 is 17.5 Å². The highest BCUT2D eigenvalue weighted by Crippen LogP contribution is 2.19. The van der Waals surface area contributed by atoms with Crippen LogP contribution in [0.2, 0.25) is 5.02 Å². The van der Waals surface area contributed by atoms with E-state index in [9.17, 15) is 4.79 Å². The van der Waals surface area contributed by atoms with Crippen molar-refractivity contribution in [3.63, 3.8) is 0 Å². The van der Waals surface area contributed by atoms with E-state index in [1.54, 1.807) is 25.1 Å². The van der Waals surface area contributed by atoms with Crippen molar-refractivity contribution in [1.82, 2.24) is 10.2 Å². The lowest BCUT2D eigenvalue weighted by molar-refractivity contribution is -0.141. The topological polar surface area (TPSA) is 41.6 Å². The van der Waals surface area contributed by atoms with E-state index in [0.717, 1.165) is 13.1 Å². The van der Waals surface area contributed by atoms with Gasteiger partial charge in [0, 0.05) is 24.7 Å². The smallest absolute Gasteiger partial charge is 0.263 e. The van der Waals surface area contributed by atoms with Gasteiger partial charge in [0.1, 0.15) is 5.75 Å². The maximum Gasteiger partial charge on any atom is 0.263 e. The second-order valence-electron chi connectivity index (χ2n) is 4.65. The van der Waals surface area contributed by atoms with Gasteiger partial charge in [0.05, 0.1) is 6.04 Å². The highest BCUT2D eigenvalue weighted by atomic mass is 35.5.